The zero-order valence-corrected chi connectivity index (χ0v) is 9.86. The lowest BCUT2D eigenvalue weighted by Gasteiger charge is -2.13. The van der Waals surface area contributed by atoms with Gasteiger partial charge in [-0.05, 0) is 31.5 Å². The largest absolute Gasteiger partial charge is 0.469 e. The quantitative estimate of drug-likeness (QED) is 0.571. The smallest absolute Gasteiger partial charge is 0.305 e. The fourth-order valence-electron chi connectivity index (χ4n) is 1.55. The Bertz CT molecular complexity index is 295. The van der Waals surface area contributed by atoms with Crippen molar-refractivity contribution in [3.8, 4) is 0 Å². The van der Waals surface area contributed by atoms with Crippen LogP contribution in [0.15, 0.2) is 22.8 Å². The summed E-state index contributed by atoms with van der Waals surface area (Å²) in [4.78, 5) is 10.9. The second kappa shape index (κ2) is 7.06. The highest BCUT2D eigenvalue weighted by Gasteiger charge is 2.10. The second-order valence-electron chi connectivity index (χ2n) is 3.61. The van der Waals surface area contributed by atoms with E-state index in [4.69, 9.17) is 4.42 Å². The Balaban J connectivity index is 2.22. The predicted octanol–water partition coefficient (Wildman–Crippen LogP) is 2.27. The number of carbonyl (C=O) groups excluding carboxylic acids is 1. The van der Waals surface area contributed by atoms with E-state index >= 15 is 0 Å². The van der Waals surface area contributed by atoms with Crippen LogP contribution < -0.4 is 5.32 Å². The first-order valence-electron chi connectivity index (χ1n) is 5.61. The van der Waals surface area contributed by atoms with Crippen LogP contribution in [0.2, 0.25) is 0 Å². The van der Waals surface area contributed by atoms with E-state index in [1.807, 2.05) is 12.1 Å². The molecule has 0 amide bonds. The van der Waals surface area contributed by atoms with E-state index in [0.717, 1.165) is 25.1 Å². The molecule has 0 fully saturated rings. The summed E-state index contributed by atoms with van der Waals surface area (Å²) in [6, 6.07) is 4.07. The van der Waals surface area contributed by atoms with Crippen LogP contribution in [0.4, 0.5) is 0 Å². The van der Waals surface area contributed by atoms with Gasteiger partial charge in [0.15, 0.2) is 0 Å². The zero-order valence-electron chi connectivity index (χ0n) is 9.86. The molecule has 0 saturated heterocycles. The van der Waals surface area contributed by atoms with Crippen molar-refractivity contribution in [1.29, 1.82) is 0 Å². The molecule has 0 bridgehead atoms. The molecule has 1 unspecified atom stereocenters. The third-order valence-corrected chi connectivity index (χ3v) is 2.47. The number of methoxy groups -OCH3 is 1. The maximum Gasteiger partial charge on any atom is 0.305 e. The van der Waals surface area contributed by atoms with Gasteiger partial charge in [-0.15, -0.1) is 0 Å². The van der Waals surface area contributed by atoms with Crippen molar-refractivity contribution in [3.63, 3.8) is 0 Å². The van der Waals surface area contributed by atoms with Gasteiger partial charge in [-0.1, -0.05) is 6.92 Å². The molecular weight excluding hydrogens is 206 g/mol. The van der Waals surface area contributed by atoms with Crippen LogP contribution in [-0.2, 0) is 9.53 Å². The topological polar surface area (TPSA) is 51.5 Å². The lowest BCUT2D eigenvalue weighted by Crippen LogP contribution is -2.22. The fraction of sp³-hybridized carbons (Fsp3) is 0.583. The average Bonchev–Trinajstić information content (AvgIpc) is 2.82. The third-order valence-electron chi connectivity index (χ3n) is 2.47. The van der Waals surface area contributed by atoms with Crippen LogP contribution in [-0.4, -0.2) is 19.6 Å². The van der Waals surface area contributed by atoms with E-state index in [9.17, 15) is 4.79 Å². The van der Waals surface area contributed by atoms with Crippen molar-refractivity contribution in [2.75, 3.05) is 13.7 Å². The highest BCUT2D eigenvalue weighted by Crippen LogP contribution is 2.16. The summed E-state index contributed by atoms with van der Waals surface area (Å²) in [6.07, 6.45) is 3.88. The maximum absolute atomic E-state index is 10.9. The van der Waals surface area contributed by atoms with E-state index in [2.05, 4.69) is 17.0 Å². The van der Waals surface area contributed by atoms with Gasteiger partial charge in [0.2, 0.25) is 0 Å². The van der Waals surface area contributed by atoms with Crippen molar-refractivity contribution in [3.05, 3.63) is 24.2 Å². The first-order valence-corrected chi connectivity index (χ1v) is 5.61. The molecule has 4 heteroatoms. The molecule has 16 heavy (non-hydrogen) atoms. The number of rotatable bonds is 7. The molecule has 0 radical (unpaired) electrons. The lowest BCUT2D eigenvalue weighted by molar-refractivity contribution is -0.140. The molecule has 0 aromatic carbocycles. The monoisotopic (exact) mass is 225 g/mol. The van der Waals surface area contributed by atoms with E-state index in [-0.39, 0.29) is 12.0 Å². The van der Waals surface area contributed by atoms with Crippen LogP contribution in [0.25, 0.3) is 0 Å². The summed E-state index contributed by atoms with van der Waals surface area (Å²) < 4.78 is 9.90. The van der Waals surface area contributed by atoms with Gasteiger partial charge in [-0.3, -0.25) is 4.79 Å². The van der Waals surface area contributed by atoms with Gasteiger partial charge >= 0.3 is 5.97 Å². The molecule has 1 aromatic heterocycles. The number of hydrogen-bond donors (Lipinski definition) is 1. The number of ether oxygens (including phenoxy) is 1. The molecule has 0 aliphatic rings. The summed E-state index contributed by atoms with van der Waals surface area (Å²) in [5.74, 6) is 0.786. The van der Waals surface area contributed by atoms with Gasteiger partial charge in [0.1, 0.15) is 5.76 Å². The van der Waals surface area contributed by atoms with Crippen molar-refractivity contribution in [2.24, 2.45) is 0 Å². The van der Waals surface area contributed by atoms with E-state index in [0.29, 0.717) is 6.42 Å². The maximum atomic E-state index is 10.9. The fourth-order valence-corrected chi connectivity index (χ4v) is 1.55. The standard InChI is InChI=1S/C12H19NO3/c1-3-10(11-6-5-9-16-11)13-8-4-7-12(14)15-2/h5-6,9-10,13H,3-4,7-8H2,1-2H3. The van der Waals surface area contributed by atoms with Gasteiger partial charge in [-0.25, -0.2) is 0 Å². The SMILES string of the molecule is CCC(NCCCC(=O)OC)c1ccco1. The van der Waals surface area contributed by atoms with Crippen molar-refractivity contribution >= 4 is 5.97 Å². The number of hydrogen-bond acceptors (Lipinski definition) is 4. The molecule has 4 nitrogen and oxygen atoms in total. The molecule has 1 aromatic rings. The Kier molecular flexibility index (Phi) is 5.64. The van der Waals surface area contributed by atoms with Crippen LogP contribution in [0.3, 0.4) is 0 Å². The molecule has 1 rings (SSSR count). The molecular formula is C12H19NO3. The third kappa shape index (κ3) is 4.06. The Morgan fingerprint density at radius 1 is 1.62 bits per heavy atom. The molecule has 1 N–H and O–H groups in total. The molecule has 90 valence electrons. The van der Waals surface area contributed by atoms with Gasteiger partial charge in [0.05, 0.1) is 19.4 Å². The van der Waals surface area contributed by atoms with Gasteiger partial charge in [-0.2, -0.15) is 0 Å². The highest BCUT2D eigenvalue weighted by molar-refractivity contribution is 5.69. The van der Waals surface area contributed by atoms with Crippen molar-refractivity contribution in [1.82, 2.24) is 5.32 Å². The summed E-state index contributed by atoms with van der Waals surface area (Å²) in [7, 11) is 1.41. The van der Waals surface area contributed by atoms with E-state index in [1.165, 1.54) is 7.11 Å². The number of furan rings is 1. The van der Waals surface area contributed by atoms with E-state index in [1.54, 1.807) is 6.26 Å². The molecule has 0 saturated carbocycles. The normalized spacial score (nSPS) is 12.4. The van der Waals surface area contributed by atoms with Crippen LogP contribution in [0.1, 0.15) is 38.0 Å². The van der Waals surface area contributed by atoms with Crippen molar-refractivity contribution < 1.29 is 13.9 Å². The Morgan fingerprint density at radius 2 is 2.44 bits per heavy atom. The van der Waals surface area contributed by atoms with Gasteiger partial charge in [0, 0.05) is 6.42 Å². The molecule has 1 atom stereocenters. The molecule has 0 spiro atoms. The number of nitrogens with one attached hydrogen (secondary N) is 1. The minimum absolute atomic E-state index is 0.159. The molecule has 1 heterocycles. The first kappa shape index (κ1) is 12.8. The summed E-state index contributed by atoms with van der Waals surface area (Å²) in [6.45, 7) is 2.88. The van der Waals surface area contributed by atoms with Crippen LogP contribution in [0.5, 0.6) is 0 Å². The van der Waals surface area contributed by atoms with Crippen LogP contribution in [0, 0.1) is 0 Å². The van der Waals surface area contributed by atoms with Gasteiger partial charge < -0.3 is 14.5 Å². The predicted molar refractivity (Wildman–Crippen MR) is 61.0 cm³/mol. The lowest BCUT2D eigenvalue weighted by atomic mass is 10.1. The van der Waals surface area contributed by atoms with Crippen molar-refractivity contribution in [2.45, 2.75) is 32.2 Å². The Labute approximate surface area is 96.0 Å². The van der Waals surface area contributed by atoms with Gasteiger partial charge in [0.25, 0.3) is 0 Å². The number of esters is 1. The summed E-state index contributed by atoms with van der Waals surface area (Å²) in [5, 5.41) is 3.35. The Hall–Kier alpha value is -1.29. The van der Waals surface area contributed by atoms with E-state index < -0.39 is 0 Å². The molecule has 0 aliphatic heterocycles. The summed E-state index contributed by atoms with van der Waals surface area (Å²) >= 11 is 0. The average molecular weight is 225 g/mol. The minimum atomic E-state index is -0.159. The first-order chi connectivity index (χ1) is 7.77. The summed E-state index contributed by atoms with van der Waals surface area (Å²) in [5.41, 5.74) is 0. The van der Waals surface area contributed by atoms with Crippen LogP contribution >= 0.6 is 0 Å². The Morgan fingerprint density at radius 3 is 3.00 bits per heavy atom. The zero-order chi connectivity index (χ0) is 11.8. The minimum Gasteiger partial charge on any atom is -0.469 e. The highest BCUT2D eigenvalue weighted by atomic mass is 16.5. The number of carbonyl (C=O) groups is 1. The molecule has 0 aliphatic carbocycles. The second-order valence-corrected chi connectivity index (χ2v) is 3.61.